The molecule has 2 aliphatic rings. The molecule has 2 aliphatic heterocycles. The van der Waals surface area contributed by atoms with Crippen LogP contribution in [0.25, 0.3) is 43.5 Å². The van der Waals surface area contributed by atoms with E-state index in [2.05, 4.69) is 21.3 Å². The van der Waals surface area contributed by atoms with Gasteiger partial charge in [0.1, 0.15) is 34.4 Å². The summed E-state index contributed by atoms with van der Waals surface area (Å²) in [5, 5.41) is 14.6. The molecule has 0 spiro atoms. The lowest BCUT2D eigenvalue weighted by Gasteiger charge is -2.25. The topological polar surface area (TPSA) is 261 Å². The third kappa shape index (κ3) is 8.04. The fraction of sp³-hybridized carbons (Fsp3) is 0.250. The van der Waals surface area contributed by atoms with Crippen LogP contribution in [0.1, 0.15) is 40.5 Å². The number of rotatable bonds is 10. The molecule has 18 heteroatoms. The van der Waals surface area contributed by atoms with Gasteiger partial charge in [0.15, 0.2) is 0 Å². The highest BCUT2D eigenvalue weighted by atomic mass is 16.4. The van der Waals surface area contributed by atoms with Gasteiger partial charge in [-0.15, -0.1) is 0 Å². The maximum atomic E-state index is 13.8. The molecule has 4 heterocycles. The zero-order valence-electron chi connectivity index (χ0n) is 33.1. The molecular weight excluding hydrogens is 803 g/mol. The fourth-order valence-corrected chi connectivity index (χ4v) is 8.30. The standard InChI is InChI=1S/C44H39N7O11/c1-22(52)48-25-15-34(51(20-25)38(54)19-47-41(57)32-17-30-28-9-5-3-7-24(28)11-13-36(30)62-44(32)60)42(58)49-26-14-33(39(45)55)50(21-26)37(53)18-46-40(56)31-16-29-27-8-4-2-6-23(27)10-12-35(29)61-43(31)59/h2-13,16-17,25-26,33-34H,14-15,18-21H2,1H3,(H2,45,55)(H,46,56)(H,47,57)(H,48,52)(H,49,58)/t25-,26-,33+,34+/m1/s1. The number of primary amides is 1. The first-order valence-electron chi connectivity index (χ1n) is 19.7. The Morgan fingerprint density at radius 2 is 1.06 bits per heavy atom. The highest BCUT2D eigenvalue weighted by molar-refractivity contribution is 6.09. The Morgan fingerprint density at radius 1 is 0.613 bits per heavy atom. The van der Waals surface area contributed by atoms with Crippen molar-refractivity contribution in [2.24, 2.45) is 5.73 Å². The monoisotopic (exact) mass is 841 g/mol. The van der Waals surface area contributed by atoms with Crippen molar-refractivity contribution in [3.63, 3.8) is 0 Å². The number of hydrogen-bond donors (Lipinski definition) is 5. The van der Waals surface area contributed by atoms with Crippen molar-refractivity contribution in [1.82, 2.24) is 31.1 Å². The summed E-state index contributed by atoms with van der Waals surface area (Å²) in [6, 6.07) is 20.5. The number of hydrogen-bond acceptors (Lipinski definition) is 11. The molecule has 6 aromatic rings. The van der Waals surface area contributed by atoms with E-state index in [1.165, 1.54) is 24.0 Å². The Morgan fingerprint density at radius 3 is 1.55 bits per heavy atom. The minimum Gasteiger partial charge on any atom is -0.422 e. The van der Waals surface area contributed by atoms with Gasteiger partial charge < -0.3 is 45.6 Å². The van der Waals surface area contributed by atoms with Crippen molar-refractivity contribution >= 4 is 84.8 Å². The van der Waals surface area contributed by atoms with Crippen LogP contribution in [0.15, 0.2) is 103 Å². The predicted molar refractivity (Wildman–Crippen MR) is 224 cm³/mol. The van der Waals surface area contributed by atoms with Crippen LogP contribution in [0, 0.1) is 0 Å². The Hall–Kier alpha value is -7.89. The van der Waals surface area contributed by atoms with Crippen LogP contribution in [0.5, 0.6) is 0 Å². The lowest BCUT2D eigenvalue weighted by molar-refractivity contribution is -0.138. The van der Waals surface area contributed by atoms with Crippen LogP contribution in [0.4, 0.5) is 0 Å². The summed E-state index contributed by atoms with van der Waals surface area (Å²) < 4.78 is 10.8. The summed E-state index contributed by atoms with van der Waals surface area (Å²) in [6.45, 7) is -0.216. The van der Waals surface area contributed by atoms with Gasteiger partial charge in [-0.3, -0.25) is 33.6 Å². The number of fused-ring (bicyclic) bond motifs is 6. The molecule has 316 valence electrons. The molecule has 0 radical (unpaired) electrons. The predicted octanol–water partition coefficient (Wildman–Crippen LogP) is 1.04. The minimum absolute atomic E-state index is 0.00559. The maximum absolute atomic E-state index is 13.8. The quantitative estimate of drug-likeness (QED) is 0.0962. The van der Waals surface area contributed by atoms with E-state index in [1.54, 1.807) is 36.4 Å². The first-order chi connectivity index (χ1) is 29.7. The number of likely N-dealkylation sites (tertiary alicyclic amines) is 2. The second kappa shape index (κ2) is 16.6. The molecule has 0 aliphatic carbocycles. The highest BCUT2D eigenvalue weighted by Gasteiger charge is 2.43. The van der Waals surface area contributed by atoms with Crippen molar-refractivity contribution < 1.29 is 42.4 Å². The summed E-state index contributed by atoms with van der Waals surface area (Å²) >= 11 is 0. The van der Waals surface area contributed by atoms with Crippen molar-refractivity contribution in [2.45, 2.75) is 43.9 Å². The number of carbonyl (C=O) groups is 7. The SMILES string of the molecule is CC(=O)N[C@@H]1C[C@@H](C(=O)N[C@@H]2C[C@@H](C(N)=O)N(C(=O)CNC(=O)c3cc4c(ccc5ccccc54)oc3=O)C2)N(C(=O)CNC(=O)c2cc3c(ccc4ccccc43)oc2=O)C1. The van der Waals surface area contributed by atoms with E-state index in [-0.39, 0.29) is 48.2 Å². The normalized spacial score (nSPS) is 18.5. The van der Waals surface area contributed by atoms with Gasteiger partial charge in [-0.05, 0) is 58.7 Å². The number of benzene rings is 4. The first kappa shape index (κ1) is 40.9. The van der Waals surface area contributed by atoms with Gasteiger partial charge in [-0.1, -0.05) is 60.7 Å². The number of amides is 7. The van der Waals surface area contributed by atoms with E-state index >= 15 is 0 Å². The molecule has 0 bridgehead atoms. The van der Waals surface area contributed by atoms with Crippen LogP contribution < -0.4 is 38.3 Å². The average Bonchev–Trinajstić information content (AvgIpc) is 3.88. The van der Waals surface area contributed by atoms with Crippen molar-refractivity contribution in [3.05, 3.63) is 117 Å². The maximum Gasteiger partial charge on any atom is 0.349 e. The molecule has 62 heavy (non-hydrogen) atoms. The molecule has 2 fully saturated rings. The molecule has 7 amide bonds. The average molecular weight is 842 g/mol. The zero-order chi connectivity index (χ0) is 43.8. The first-order valence-corrected chi connectivity index (χ1v) is 19.7. The van der Waals surface area contributed by atoms with Gasteiger partial charge in [0.2, 0.25) is 29.5 Å². The molecular formula is C44H39N7O11. The van der Waals surface area contributed by atoms with Crippen molar-refractivity contribution in [2.75, 3.05) is 26.2 Å². The van der Waals surface area contributed by atoms with Crippen molar-refractivity contribution in [1.29, 1.82) is 0 Å². The molecule has 4 aromatic carbocycles. The van der Waals surface area contributed by atoms with E-state index in [1.807, 2.05) is 36.4 Å². The minimum atomic E-state index is -1.17. The van der Waals surface area contributed by atoms with Gasteiger partial charge in [-0.25, -0.2) is 9.59 Å². The largest absolute Gasteiger partial charge is 0.422 e. The van der Waals surface area contributed by atoms with E-state index in [4.69, 9.17) is 14.6 Å². The zero-order valence-corrected chi connectivity index (χ0v) is 33.1. The number of nitrogens with zero attached hydrogens (tertiary/aromatic N) is 2. The molecule has 8 rings (SSSR count). The summed E-state index contributed by atoms with van der Waals surface area (Å²) in [5.74, 6) is -5.09. The highest BCUT2D eigenvalue weighted by Crippen LogP contribution is 2.27. The van der Waals surface area contributed by atoms with Crippen LogP contribution in [0.2, 0.25) is 0 Å². The van der Waals surface area contributed by atoms with Gasteiger partial charge in [-0.2, -0.15) is 0 Å². The van der Waals surface area contributed by atoms with Crippen LogP contribution in [-0.4, -0.2) is 101 Å². The fourth-order valence-electron chi connectivity index (χ4n) is 8.30. The molecule has 18 nitrogen and oxygen atoms in total. The smallest absolute Gasteiger partial charge is 0.349 e. The molecule has 0 saturated carbocycles. The third-order valence-electron chi connectivity index (χ3n) is 11.2. The van der Waals surface area contributed by atoms with Gasteiger partial charge in [0, 0.05) is 42.9 Å². The van der Waals surface area contributed by atoms with Crippen LogP contribution >= 0.6 is 0 Å². The van der Waals surface area contributed by atoms with E-state index in [9.17, 15) is 43.2 Å². The Balaban J connectivity index is 0.920. The lowest BCUT2D eigenvalue weighted by Crippen LogP contribution is -2.51. The van der Waals surface area contributed by atoms with Gasteiger partial charge >= 0.3 is 11.3 Å². The summed E-state index contributed by atoms with van der Waals surface area (Å²) in [6.07, 6.45) is -0.0802. The number of nitrogens with two attached hydrogens (primary N) is 1. The van der Waals surface area contributed by atoms with Gasteiger partial charge in [0.25, 0.3) is 11.8 Å². The lowest BCUT2D eigenvalue weighted by atomic mass is 10.0. The second-order valence-electron chi connectivity index (χ2n) is 15.3. The Labute approximate surface area is 350 Å². The van der Waals surface area contributed by atoms with E-state index in [0.29, 0.717) is 10.8 Å². The number of nitrogens with one attached hydrogen (secondary N) is 4. The van der Waals surface area contributed by atoms with Crippen LogP contribution in [0.3, 0.4) is 0 Å². The molecule has 2 aromatic heterocycles. The number of carbonyl (C=O) groups excluding carboxylic acids is 7. The Kier molecular flexibility index (Phi) is 11.0. The summed E-state index contributed by atoms with van der Waals surface area (Å²) in [4.78, 5) is 120. The summed E-state index contributed by atoms with van der Waals surface area (Å²) in [5.41, 5.74) is 3.73. The van der Waals surface area contributed by atoms with E-state index in [0.717, 1.165) is 26.4 Å². The van der Waals surface area contributed by atoms with Gasteiger partial charge in [0.05, 0.1) is 13.1 Å². The second-order valence-corrected chi connectivity index (χ2v) is 15.3. The summed E-state index contributed by atoms with van der Waals surface area (Å²) in [7, 11) is 0. The Bertz CT molecular complexity index is 3000. The molecule has 6 N–H and O–H groups in total. The molecule has 2 saturated heterocycles. The molecule has 0 unspecified atom stereocenters. The molecule has 4 atom stereocenters. The van der Waals surface area contributed by atoms with E-state index < -0.39 is 89.9 Å². The van der Waals surface area contributed by atoms with Crippen molar-refractivity contribution in [3.8, 4) is 0 Å². The van der Waals surface area contributed by atoms with Crippen LogP contribution in [-0.2, 0) is 24.0 Å². The third-order valence-corrected chi connectivity index (χ3v) is 11.2.